The predicted molar refractivity (Wildman–Crippen MR) is 111 cm³/mol. The lowest BCUT2D eigenvalue weighted by Crippen LogP contribution is -2.45. The van der Waals surface area contributed by atoms with E-state index in [0.29, 0.717) is 36.5 Å². The first-order valence-electron chi connectivity index (χ1n) is 9.70. The summed E-state index contributed by atoms with van der Waals surface area (Å²) in [6.07, 6.45) is 1.38. The molecule has 0 spiro atoms. The van der Waals surface area contributed by atoms with E-state index in [1.165, 1.54) is 0 Å². The molecule has 0 radical (unpaired) electrons. The Kier molecular flexibility index (Phi) is 5.53. The van der Waals surface area contributed by atoms with Crippen LogP contribution in [0, 0.1) is 11.8 Å². The maximum absolute atomic E-state index is 12.9. The number of carbonyl (C=O) groups is 2. The summed E-state index contributed by atoms with van der Waals surface area (Å²) in [7, 11) is 0. The number of aromatic nitrogens is 2. The molecule has 29 heavy (non-hydrogen) atoms. The van der Waals surface area contributed by atoms with Gasteiger partial charge in [-0.2, -0.15) is 0 Å². The fraction of sp³-hybridized carbons (Fsp3) is 0.318. The van der Waals surface area contributed by atoms with E-state index < -0.39 is 5.97 Å². The molecule has 1 amide bonds. The average Bonchev–Trinajstić information content (AvgIpc) is 3.11. The summed E-state index contributed by atoms with van der Waals surface area (Å²) in [4.78, 5) is 34.1. The quantitative estimate of drug-likeness (QED) is 0.664. The lowest BCUT2D eigenvalue weighted by molar-refractivity contribution is -0.139. The van der Waals surface area contributed by atoms with Crippen LogP contribution in [0.2, 0.25) is 5.02 Å². The summed E-state index contributed by atoms with van der Waals surface area (Å²) in [5.41, 5.74) is 2.44. The van der Waals surface area contributed by atoms with Crippen LogP contribution in [0.3, 0.4) is 0 Å². The highest BCUT2D eigenvalue weighted by Crippen LogP contribution is 2.30. The number of imidazole rings is 1. The average molecular weight is 412 g/mol. The number of carbonyl (C=O) groups excluding carboxylic acids is 1. The Hall–Kier alpha value is -2.86. The maximum atomic E-state index is 12.9. The molecule has 150 valence electrons. The van der Waals surface area contributed by atoms with E-state index in [0.717, 1.165) is 16.9 Å². The van der Waals surface area contributed by atoms with Gasteiger partial charge in [0, 0.05) is 36.5 Å². The van der Waals surface area contributed by atoms with Crippen molar-refractivity contribution in [1.82, 2.24) is 14.9 Å². The second-order valence-corrected chi connectivity index (χ2v) is 8.01. The topological polar surface area (TPSA) is 86.3 Å². The zero-order valence-electron chi connectivity index (χ0n) is 15.8. The fourth-order valence-electron chi connectivity index (χ4n) is 4.12. The summed E-state index contributed by atoms with van der Waals surface area (Å²) in [5.74, 6) is 0.00570. The summed E-state index contributed by atoms with van der Waals surface area (Å²) in [6, 6.07) is 14.7. The molecule has 2 atom stereocenters. The van der Waals surface area contributed by atoms with Crippen LogP contribution in [0.4, 0.5) is 0 Å². The number of aromatic amines is 1. The minimum atomic E-state index is -0.804. The maximum Gasteiger partial charge on any atom is 0.303 e. The molecular weight excluding hydrogens is 390 g/mol. The number of amides is 1. The molecule has 0 aliphatic carbocycles. The molecule has 2 aromatic carbocycles. The van der Waals surface area contributed by atoms with Crippen LogP contribution in [0.5, 0.6) is 0 Å². The molecule has 6 nitrogen and oxygen atoms in total. The minimum absolute atomic E-state index is 0.00924. The Bertz CT molecular complexity index is 998. The number of aliphatic carboxylic acids is 1. The predicted octanol–water partition coefficient (Wildman–Crippen LogP) is 4.01. The van der Waals surface area contributed by atoms with Crippen LogP contribution < -0.4 is 0 Å². The number of piperidine rings is 1. The van der Waals surface area contributed by atoms with E-state index in [4.69, 9.17) is 11.6 Å². The van der Waals surface area contributed by atoms with Gasteiger partial charge in [-0.1, -0.05) is 23.7 Å². The summed E-state index contributed by atoms with van der Waals surface area (Å²) in [5, 5.41) is 9.91. The molecule has 1 aliphatic rings. The van der Waals surface area contributed by atoms with Gasteiger partial charge in [0.2, 0.25) is 0 Å². The van der Waals surface area contributed by atoms with Gasteiger partial charge in [0.25, 0.3) is 5.91 Å². The van der Waals surface area contributed by atoms with Gasteiger partial charge in [-0.25, -0.2) is 4.98 Å². The number of carboxylic acids is 1. The molecule has 4 rings (SSSR count). The molecule has 1 aromatic heterocycles. The number of carboxylic acid groups (broad SMARTS) is 1. The molecule has 2 N–H and O–H groups in total. The first-order valence-corrected chi connectivity index (χ1v) is 10.1. The van der Waals surface area contributed by atoms with E-state index in [1.54, 1.807) is 24.3 Å². The number of hydrogen-bond acceptors (Lipinski definition) is 3. The molecule has 0 saturated carbocycles. The molecule has 1 fully saturated rings. The van der Waals surface area contributed by atoms with Gasteiger partial charge in [-0.05, 0) is 54.7 Å². The molecule has 1 saturated heterocycles. The molecule has 0 bridgehead atoms. The Balaban J connectivity index is 1.54. The van der Waals surface area contributed by atoms with Crippen molar-refractivity contribution in [1.29, 1.82) is 0 Å². The Morgan fingerprint density at radius 3 is 2.62 bits per heavy atom. The Labute approximate surface area is 173 Å². The van der Waals surface area contributed by atoms with Crippen molar-refractivity contribution in [2.75, 3.05) is 13.1 Å². The van der Waals surface area contributed by atoms with Gasteiger partial charge in [-0.3, -0.25) is 9.59 Å². The van der Waals surface area contributed by atoms with Crippen LogP contribution in [0.15, 0.2) is 48.5 Å². The SMILES string of the molecule is O=C(O)C[C@@H]1CCN(C(=O)c2ccc(Cl)cc2)C[C@@H]1Cc1nc2ccccc2[nH]1. The molecule has 7 heteroatoms. The number of fused-ring (bicyclic) bond motifs is 1. The van der Waals surface area contributed by atoms with Gasteiger partial charge < -0.3 is 15.0 Å². The van der Waals surface area contributed by atoms with Crippen molar-refractivity contribution in [3.05, 3.63) is 64.9 Å². The highest BCUT2D eigenvalue weighted by atomic mass is 35.5. The van der Waals surface area contributed by atoms with Crippen LogP contribution >= 0.6 is 11.6 Å². The molecule has 3 aromatic rings. The van der Waals surface area contributed by atoms with E-state index >= 15 is 0 Å². The smallest absolute Gasteiger partial charge is 0.303 e. The van der Waals surface area contributed by atoms with Crippen molar-refractivity contribution < 1.29 is 14.7 Å². The lowest BCUT2D eigenvalue weighted by Gasteiger charge is -2.38. The number of hydrogen-bond donors (Lipinski definition) is 2. The van der Waals surface area contributed by atoms with Crippen molar-refractivity contribution in [3.8, 4) is 0 Å². The molecule has 2 heterocycles. The third-order valence-electron chi connectivity index (χ3n) is 5.60. The van der Waals surface area contributed by atoms with Gasteiger partial charge in [0.05, 0.1) is 11.0 Å². The first-order chi connectivity index (χ1) is 14.0. The number of benzene rings is 2. The number of nitrogens with one attached hydrogen (secondary N) is 1. The van der Waals surface area contributed by atoms with E-state index in [-0.39, 0.29) is 24.2 Å². The monoisotopic (exact) mass is 411 g/mol. The number of halogens is 1. The zero-order valence-corrected chi connectivity index (χ0v) is 16.6. The van der Waals surface area contributed by atoms with Crippen molar-refractivity contribution >= 4 is 34.5 Å². The van der Waals surface area contributed by atoms with Crippen molar-refractivity contribution in [3.63, 3.8) is 0 Å². The third-order valence-corrected chi connectivity index (χ3v) is 5.85. The molecule has 0 unspecified atom stereocenters. The lowest BCUT2D eigenvalue weighted by atomic mass is 9.81. The van der Waals surface area contributed by atoms with Gasteiger partial charge in [0.15, 0.2) is 0 Å². The van der Waals surface area contributed by atoms with Gasteiger partial charge in [0.1, 0.15) is 5.82 Å². The summed E-state index contributed by atoms with van der Waals surface area (Å²) >= 11 is 5.93. The number of likely N-dealkylation sites (tertiary alicyclic amines) is 1. The van der Waals surface area contributed by atoms with Crippen molar-refractivity contribution in [2.45, 2.75) is 19.3 Å². The van der Waals surface area contributed by atoms with E-state index in [2.05, 4.69) is 9.97 Å². The third kappa shape index (κ3) is 4.43. The zero-order chi connectivity index (χ0) is 20.4. The largest absolute Gasteiger partial charge is 0.481 e. The minimum Gasteiger partial charge on any atom is -0.481 e. The fourth-order valence-corrected chi connectivity index (χ4v) is 4.24. The Morgan fingerprint density at radius 2 is 1.90 bits per heavy atom. The van der Waals surface area contributed by atoms with Crippen LogP contribution in [0.1, 0.15) is 29.0 Å². The number of H-pyrrole nitrogens is 1. The van der Waals surface area contributed by atoms with Crippen molar-refractivity contribution in [2.24, 2.45) is 11.8 Å². The number of para-hydroxylation sites is 2. The second kappa shape index (κ2) is 8.25. The first kappa shape index (κ1) is 19.5. The summed E-state index contributed by atoms with van der Waals surface area (Å²) in [6.45, 7) is 1.06. The van der Waals surface area contributed by atoms with Crippen LogP contribution in [-0.4, -0.2) is 44.9 Å². The van der Waals surface area contributed by atoms with Crippen LogP contribution in [-0.2, 0) is 11.2 Å². The Morgan fingerprint density at radius 1 is 1.14 bits per heavy atom. The highest BCUT2D eigenvalue weighted by molar-refractivity contribution is 6.30. The normalized spacial score (nSPS) is 19.4. The standard InChI is InChI=1S/C22H22ClN3O3/c23-17-7-5-14(6-8-17)22(29)26-10-9-15(12-21(27)28)16(13-26)11-20-24-18-3-1-2-4-19(18)25-20/h1-8,15-16H,9-13H2,(H,24,25)(H,27,28)/t15-,16-/m0/s1. The van der Waals surface area contributed by atoms with E-state index in [1.807, 2.05) is 29.2 Å². The highest BCUT2D eigenvalue weighted by Gasteiger charge is 2.33. The summed E-state index contributed by atoms with van der Waals surface area (Å²) < 4.78 is 0. The number of nitrogens with zero attached hydrogens (tertiary/aromatic N) is 2. The van der Waals surface area contributed by atoms with Gasteiger partial charge in [-0.15, -0.1) is 0 Å². The van der Waals surface area contributed by atoms with E-state index in [9.17, 15) is 14.7 Å². The molecular formula is C22H22ClN3O3. The molecule has 1 aliphatic heterocycles. The second-order valence-electron chi connectivity index (χ2n) is 7.57. The van der Waals surface area contributed by atoms with Crippen LogP contribution in [0.25, 0.3) is 11.0 Å². The van der Waals surface area contributed by atoms with Gasteiger partial charge >= 0.3 is 5.97 Å². The number of rotatable bonds is 5.